The third kappa shape index (κ3) is 2.03. The summed E-state index contributed by atoms with van der Waals surface area (Å²) in [4.78, 5) is 2.92. The summed E-state index contributed by atoms with van der Waals surface area (Å²) in [6, 6.07) is 10.9. The molecule has 0 aliphatic rings. The van der Waals surface area contributed by atoms with Crippen molar-refractivity contribution >= 4 is 39.2 Å². The zero-order valence-electron chi connectivity index (χ0n) is 10.1. The van der Waals surface area contributed by atoms with Gasteiger partial charge in [0.15, 0.2) is 4.77 Å². The molecule has 1 heterocycles. The van der Waals surface area contributed by atoms with Gasteiger partial charge in [0, 0.05) is 4.47 Å². The minimum absolute atomic E-state index is 0.300. The fourth-order valence-electron chi connectivity index (χ4n) is 2.13. The summed E-state index contributed by atoms with van der Waals surface area (Å²) in [6.07, 6.45) is 0. The molecule has 0 saturated heterocycles. The van der Waals surface area contributed by atoms with E-state index in [0.29, 0.717) is 10.3 Å². The molecule has 0 saturated carbocycles. The lowest BCUT2D eigenvalue weighted by atomic mass is 10.2. The molecule has 0 bridgehead atoms. The van der Waals surface area contributed by atoms with Gasteiger partial charge in [0.2, 0.25) is 0 Å². The standard InChI is InChI=1S/C14H10BrFN2S/c1-8-5-6-9(15)12(7-8)18-11-4-2-3-10(16)13(11)17-14(18)19/h2-7H,1H3,(H,17,19). The van der Waals surface area contributed by atoms with Gasteiger partial charge in [-0.15, -0.1) is 0 Å². The lowest BCUT2D eigenvalue weighted by Crippen LogP contribution is -1.96. The second-order valence-corrected chi connectivity index (χ2v) is 5.60. The molecule has 2 nitrogen and oxygen atoms in total. The number of halogens is 2. The highest BCUT2D eigenvalue weighted by atomic mass is 79.9. The van der Waals surface area contributed by atoms with Crippen LogP contribution in [-0.2, 0) is 0 Å². The predicted octanol–water partition coefficient (Wildman–Crippen LogP) is 4.90. The van der Waals surface area contributed by atoms with Crippen molar-refractivity contribution in [2.24, 2.45) is 0 Å². The van der Waals surface area contributed by atoms with E-state index in [2.05, 4.69) is 20.9 Å². The molecule has 1 N–H and O–H groups in total. The molecule has 0 unspecified atom stereocenters. The number of rotatable bonds is 1. The van der Waals surface area contributed by atoms with Gasteiger partial charge in [-0.1, -0.05) is 12.1 Å². The van der Waals surface area contributed by atoms with Gasteiger partial charge in [-0.2, -0.15) is 0 Å². The maximum absolute atomic E-state index is 13.8. The van der Waals surface area contributed by atoms with Crippen molar-refractivity contribution in [3.63, 3.8) is 0 Å². The summed E-state index contributed by atoms with van der Waals surface area (Å²) in [6.45, 7) is 2.01. The minimum atomic E-state index is -0.300. The number of nitrogens with one attached hydrogen (secondary N) is 1. The van der Waals surface area contributed by atoms with Gasteiger partial charge in [-0.05, 0) is 64.9 Å². The van der Waals surface area contributed by atoms with Gasteiger partial charge in [0.1, 0.15) is 11.3 Å². The van der Waals surface area contributed by atoms with E-state index in [1.807, 2.05) is 35.8 Å². The molecule has 0 spiro atoms. The number of hydrogen-bond acceptors (Lipinski definition) is 1. The maximum atomic E-state index is 13.8. The van der Waals surface area contributed by atoms with E-state index in [-0.39, 0.29) is 5.82 Å². The first-order valence-corrected chi connectivity index (χ1v) is 6.94. The van der Waals surface area contributed by atoms with E-state index >= 15 is 0 Å². The number of benzene rings is 2. The first kappa shape index (κ1) is 12.6. The van der Waals surface area contributed by atoms with E-state index in [1.54, 1.807) is 6.07 Å². The van der Waals surface area contributed by atoms with Gasteiger partial charge in [0.05, 0.1) is 11.2 Å². The van der Waals surface area contributed by atoms with Gasteiger partial charge >= 0.3 is 0 Å². The van der Waals surface area contributed by atoms with Crippen molar-refractivity contribution in [2.75, 3.05) is 0 Å². The summed E-state index contributed by atoms with van der Waals surface area (Å²) < 4.78 is 17.0. The minimum Gasteiger partial charge on any atom is -0.328 e. The second-order valence-electron chi connectivity index (χ2n) is 4.35. The molecule has 0 radical (unpaired) electrons. The van der Waals surface area contributed by atoms with E-state index < -0.39 is 0 Å². The van der Waals surface area contributed by atoms with Crippen molar-refractivity contribution in [2.45, 2.75) is 6.92 Å². The summed E-state index contributed by atoms with van der Waals surface area (Å²) in [5.41, 5.74) is 3.19. The van der Waals surface area contributed by atoms with Crippen LogP contribution in [0, 0.1) is 17.5 Å². The molecule has 0 fully saturated rings. The molecule has 0 aliphatic heterocycles. The SMILES string of the molecule is Cc1ccc(Br)c(-n2c(=S)[nH]c3c(F)cccc32)c1. The molecule has 19 heavy (non-hydrogen) atoms. The Morgan fingerprint density at radius 3 is 2.84 bits per heavy atom. The molecule has 1 aromatic heterocycles. The average molecular weight is 337 g/mol. The van der Waals surface area contributed by atoms with E-state index in [1.165, 1.54) is 6.07 Å². The normalized spacial score (nSPS) is 11.1. The largest absolute Gasteiger partial charge is 0.328 e. The molecular weight excluding hydrogens is 327 g/mol. The molecule has 3 aromatic rings. The topological polar surface area (TPSA) is 20.7 Å². The van der Waals surface area contributed by atoms with Crippen molar-refractivity contribution in [1.82, 2.24) is 9.55 Å². The lowest BCUT2D eigenvalue weighted by Gasteiger charge is -2.08. The number of aryl methyl sites for hydroxylation is 1. The average Bonchev–Trinajstić information content (AvgIpc) is 2.70. The van der Waals surface area contributed by atoms with Crippen molar-refractivity contribution in [3.8, 4) is 5.69 Å². The number of para-hydroxylation sites is 1. The fourth-order valence-corrected chi connectivity index (χ4v) is 2.85. The summed E-state index contributed by atoms with van der Waals surface area (Å²) in [5.74, 6) is -0.300. The first-order chi connectivity index (χ1) is 9.08. The monoisotopic (exact) mass is 336 g/mol. The number of H-pyrrole nitrogens is 1. The third-order valence-corrected chi connectivity index (χ3v) is 3.97. The fraction of sp³-hybridized carbons (Fsp3) is 0.0714. The predicted molar refractivity (Wildman–Crippen MR) is 80.9 cm³/mol. The Labute approximate surface area is 123 Å². The van der Waals surface area contributed by atoms with Gasteiger partial charge < -0.3 is 4.98 Å². The maximum Gasteiger partial charge on any atom is 0.182 e. The van der Waals surface area contributed by atoms with Crippen LogP contribution in [0.3, 0.4) is 0 Å². The molecule has 0 amide bonds. The van der Waals surface area contributed by atoms with Crippen LogP contribution in [0.1, 0.15) is 5.56 Å². The van der Waals surface area contributed by atoms with E-state index in [9.17, 15) is 4.39 Å². The highest BCUT2D eigenvalue weighted by Gasteiger charge is 2.11. The van der Waals surface area contributed by atoms with Crippen molar-refractivity contribution in [1.29, 1.82) is 0 Å². The van der Waals surface area contributed by atoms with Crippen LogP contribution in [0.4, 0.5) is 4.39 Å². The number of nitrogens with zero attached hydrogens (tertiary/aromatic N) is 1. The molecular formula is C14H10BrFN2S. The third-order valence-electron chi connectivity index (χ3n) is 3.01. The Morgan fingerprint density at radius 1 is 1.26 bits per heavy atom. The van der Waals surface area contributed by atoms with Gasteiger partial charge in [0.25, 0.3) is 0 Å². The van der Waals surface area contributed by atoms with Crippen LogP contribution in [0.25, 0.3) is 16.7 Å². The summed E-state index contributed by atoms with van der Waals surface area (Å²) in [5, 5.41) is 0. The Bertz CT molecular complexity index is 835. The zero-order chi connectivity index (χ0) is 13.6. The molecule has 5 heteroatoms. The molecule has 0 atom stereocenters. The summed E-state index contributed by atoms with van der Waals surface area (Å²) >= 11 is 8.83. The summed E-state index contributed by atoms with van der Waals surface area (Å²) in [7, 11) is 0. The van der Waals surface area contributed by atoms with Crippen LogP contribution in [-0.4, -0.2) is 9.55 Å². The van der Waals surface area contributed by atoms with E-state index in [4.69, 9.17) is 12.2 Å². The zero-order valence-corrected chi connectivity index (χ0v) is 12.5. The number of fused-ring (bicyclic) bond motifs is 1. The molecule has 96 valence electrons. The van der Waals surface area contributed by atoms with Crippen molar-refractivity contribution in [3.05, 3.63) is 57.0 Å². The van der Waals surface area contributed by atoms with E-state index in [0.717, 1.165) is 21.2 Å². The molecule has 3 rings (SSSR count). The smallest absolute Gasteiger partial charge is 0.182 e. The number of hydrogen-bond donors (Lipinski definition) is 1. The molecule has 2 aromatic carbocycles. The van der Waals surface area contributed by atoms with Crippen LogP contribution in [0.2, 0.25) is 0 Å². The number of imidazole rings is 1. The Kier molecular flexibility index (Phi) is 3.03. The lowest BCUT2D eigenvalue weighted by molar-refractivity contribution is 0.637. The quantitative estimate of drug-likeness (QED) is 0.627. The highest BCUT2D eigenvalue weighted by Crippen LogP contribution is 2.27. The second kappa shape index (κ2) is 4.58. The number of aromatic nitrogens is 2. The van der Waals surface area contributed by atoms with Crippen LogP contribution < -0.4 is 0 Å². The Balaban J connectivity index is 2.43. The number of aromatic amines is 1. The first-order valence-electron chi connectivity index (χ1n) is 5.73. The van der Waals surface area contributed by atoms with Crippen molar-refractivity contribution < 1.29 is 4.39 Å². The van der Waals surface area contributed by atoms with Crippen LogP contribution in [0.15, 0.2) is 40.9 Å². The Morgan fingerprint density at radius 2 is 2.05 bits per heavy atom. The van der Waals surface area contributed by atoms with Gasteiger partial charge in [-0.25, -0.2) is 4.39 Å². The Hall–Kier alpha value is -1.46. The van der Waals surface area contributed by atoms with Crippen LogP contribution in [0.5, 0.6) is 0 Å². The van der Waals surface area contributed by atoms with Gasteiger partial charge in [-0.3, -0.25) is 4.57 Å². The highest BCUT2D eigenvalue weighted by molar-refractivity contribution is 9.10. The van der Waals surface area contributed by atoms with Crippen LogP contribution >= 0.6 is 28.1 Å². The molecule has 0 aliphatic carbocycles.